The lowest BCUT2D eigenvalue weighted by atomic mass is 10.1. The molecule has 0 radical (unpaired) electrons. The van der Waals surface area contributed by atoms with Gasteiger partial charge in [-0.2, -0.15) is 19.4 Å². The SMILES string of the molecule is CC(C)(C)N1P(Oc2ccc(C#N)cc2)N(C(C)(C)C)P1Oc1ccc(C#N)cc1. The molecule has 0 saturated carbocycles. The van der Waals surface area contributed by atoms with Gasteiger partial charge < -0.3 is 9.05 Å². The normalized spacial score (nSPS) is 20.0. The topological polar surface area (TPSA) is 72.5 Å². The summed E-state index contributed by atoms with van der Waals surface area (Å²) in [5.41, 5.74) is 0.877. The molecule has 30 heavy (non-hydrogen) atoms. The van der Waals surface area contributed by atoms with Crippen LogP contribution in [0.25, 0.3) is 0 Å². The smallest absolute Gasteiger partial charge is 0.264 e. The van der Waals surface area contributed by atoms with Crippen LogP contribution in [-0.2, 0) is 0 Å². The summed E-state index contributed by atoms with van der Waals surface area (Å²) in [5, 5.41) is 18.1. The molecule has 0 aliphatic carbocycles. The first-order valence-corrected chi connectivity index (χ1v) is 11.9. The molecule has 0 bridgehead atoms. The fourth-order valence-electron chi connectivity index (χ4n) is 2.81. The van der Waals surface area contributed by atoms with Crippen LogP contribution in [0.15, 0.2) is 48.5 Å². The molecule has 0 aromatic heterocycles. The number of nitrogens with zero attached hydrogens (tertiary/aromatic N) is 4. The van der Waals surface area contributed by atoms with E-state index in [-0.39, 0.29) is 11.1 Å². The molecule has 1 aliphatic heterocycles. The van der Waals surface area contributed by atoms with Crippen LogP contribution in [0.5, 0.6) is 11.5 Å². The third-order valence-corrected chi connectivity index (χ3v) is 10.5. The highest BCUT2D eigenvalue weighted by atomic mass is 31.3. The zero-order valence-corrected chi connectivity index (χ0v) is 19.9. The third-order valence-electron chi connectivity index (χ3n) is 4.19. The minimum absolute atomic E-state index is 0.168. The molecule has 0 amide bonds. The average Bonchev–Trinajstić information content (AvgIpc) is 2.65. The Morgan fingerprint density at radius 1 is 0.633 bits per heavy atom. The highest BCUT2D eigenvalue weighted by Crippen LogP contribution is 2.80. The van der Waals surface area contributed by atoms with Crippen molar-refractivity contribution in [1.29, 1.82) is 10.5 Å². The first-order valence-electron chi connectivity index (χ1n) is 9.61. The fourth-order valence-corrected chi connectivity index (χ4v) is 8.04. The minimum Gasteiger partial charge on any atom is -0.444 e. The molecule has 6 nitrogen and oxygen atoms in total. The van der Waals surface area contributed by atoms with E-state index in [9.17, 15) is 0 Å². The van der Waals surface area contributed by atoms with E-state index >= 15 is 0 Å². The summed E-state index contributed by atoms with van der Waals surface area (Å²) < 4.78 is 17.5. The number of hydrogen-bond acceptors (Lipinski definition) is 6. The second-order valence-corrected chi connectivity index (χ2v) is 12.5. The number of hydrogen-bond donors (Lipinski definition) is 0. The summed E-state index contributed by atoms with van der Waals surface area (Å²) in [7, 11) is -2.20. The second-order valence-electron chi connectivity index (χ2n) is 8.88. The lowest BCUT2D eigenvalue weighted by Gasteiger charge is -2.60. The highest BCUT2D eigenvalue weighted by Gasteiger charge is 2.61. The lowest BCUT2D eigenvalue weighted by Crippen LogP contribution is -2.54. The Bertz CT molecular complexity index is 878. The summed E-state index contributed by atoms with van der Waals surface area (Å²) in [6, 6.07) is 18.7. The van der Waals surface area contributed by atoms with Crippen LogP contribution in [0.3, 0.4) is 0 Å². The Kier molecular flexibility index (Phi) is 6.37. The van der Waals surface area contributed by atoms with Crippen LogP contribution in [0.4, 0.5) is 0 Å². The fraction of sp³-hybridized carbons (Fsp3) is 0.364. The van der Waals surface area contributed by atoms with Crippen molar-refractivity contribution in [3.8, 4) is 23.6 Å². The number of benzene rings is 2. The minimum atomic E-state index is -1.10. The Morgan fingerprint density at radius 3 is 1.17 bits per heavy atom. The predicted molar refractivity (Wildman–Crippen MR) is 121 cm³/mol. The van der Waals surface area contributed by atoms with Crippen LogP contribution < -0.4 is 9.05 Å². The van der Waals surface area contributed by atoms with Gasteiger partial charge in [0.1, 0.15) is 11.5 Å². The van der Waals surface area contributed by atoms with Gasteiger partial charge in [-0.3, -0.25) is 0 Å². The van der Waals surface area contributed by atoms with E-state index in [0.29, 0.717) is 11.1 Å². The molecule has 1 saturated heterocycles. The van der Waals surface area contributed by atoms with Gasteiger partial charge in [-0.15, -0.1) is 0 Å². The Balaban J connectivity index is 1.90. The Hall–Kier alpha value is -2.20. The van der Waals surface area contributed by atoms with Gasteiger partial charge in [0, 0.05) is 11.1 Å². The van der Waals surface area contributed by atoms with Crippen LogP contribution in [0.1, 0.15) is 52.7 Å². The molecule has 0 unspecified atom stereocenters. The van der Waals surface area contributed by atoms with E-state index in [2.05, 4.69) is 62.6 Å². The standard InChI is InChI=1S/C22H26N4O2P2/c1-21(2,3)25-29(27-19-11-7-17(15-23)8-12-19)26(22(4,5)6)30(25)28-20-13-9-18(16-24)10-14-20/h7-14H,1-6H3. The number of rotatable bonds is 4. The maximum atomic E-state index is 9.04. The van der Waals surface area contributed by atoms with Crippen molar-refractivity contribution < 1.29 is 9.05 Å². The van der Waals surface area contributed by atoms with Gasteiger partial charge in [-0.1, -0.05) is 0 Å². The van der Waals surface area contributed by atoms with Gasteiger partial charge in [-0.25, -0.2) is 0 Å². The molecule has 0 N–H and O–H groups in total. The van der Waals surface area contributed by atoms with Crippen molar-refractivity contribution in [2.24, 2.45) is 0 Å². The summed E-state index contributed by atoms with van der Waals surface area (Å²) in [6.07, 6.45) is 0. The van der Waals surface area contributed by atoms with Crippen molar-refractivity contribution in [2.45, 2.75) is 52.6 Å². The molecular weight excluding hydrogens is 414 g/mol. The molecule has 0 atom stereocenters. The Morgan fingerprint density at radius 2 is 0.933 bits per heavy atom. The molecule has 3 rings (SSSR count). The van der Waals surface area contributed by atoms with E-state index < -0.39 is 16.9 Å². The molecule has 2 aromatic carbocycles. The first-order chi connectivity index (χ1) is 14.0. The van der Waals surface area contributed by atoms with E-state index in [0.717, 1.165) is 11.5 Å². The van der Waals surface area contributed by atoms with Gasteiger partial charge in [0.25, 0.3) is 16.9 Å². The molecule has 2 aromatic rings. The second kappa shape index (κ2) is 8.50. The van der Waals surface area contributed by atoms with E-state index in [4.69, 9.17) is 19.6 Å². The summed E-state index contributed by atoms with van der Waals surface area (Å²) >= 11 is 0. The highest BCUT2D eigenvalue weighted by molar-refractivity contribution is 7.78. The van der Waals surface area contributed by atoms with Crippen molar-refractivity contribution >= 4 is 16.9 Å². The van der Waals surface area contributed by atoms with E-state index in [1.54, 1.807) is 24.3 Å². The zero-order chi connectivity index (χ0) is 22.1. The van der Waals surface area contributed by atoms with Crippen molar-refractivity contribution in [3.05, 3.63) is 59.7 Å². The average molecular weight is 440 g/mol. The molecule has 1 aliphatic rings. The summed E-state index contributed by atoms with van der Waals surface area (Å²) in [5.74, 6) is 1.47. The Labute approximate surface area is 181 Å². The monoisotopic (exact) mass is 440 g/mol. The third kappa shape index (κ3) is 4.75. The van der Waals surface area contributed by atoms with E-state index in [1.807, 2.05) is 24.3 Å². The van der Waals surface area contributed by atoms with Gasteiger partial charge >= 0.3 is 0 Å². The predicted octanol–water partition coefficient (Wildman–Crippen LogP) is 6.56. The largest absolute Gasteiger partial charge is 0.444 e. The zero-order valence-electron chi connectivity index (χ0n) is 18.1. The van der Waals surface area contributed by atoms with Gasteiger partial charge in [0.2, 0.25) is 0 Å². The van der Waals surface area contributed by atoms with Crippen LogP contribution in [0, 0.1) is 22.7 Å². The molecular formula is C22H26N4O2P2. The first kappa shape index (κ1) is 22.5. The van der Waals surface area contributed by atoms with Crippen molar-refractivity contribution in [1.82, 2.24) is 8.88 Å². The maximum Gasteiger partial charge on any atom is 0.264 e. The van der Waals surface area contributed by atoms with Gasteiger partial charge in [-0.05, 0) is 90.1 Å². The molecule has 0 spiro atoms. The van der Waals surface area contributed by atoms with Gasteiger partial charge in [0.15, 0.2) is 0 Å². The van der Waals surface area contributed by atoms with Crippen molar-refractivity contribution in [2.75, 3.05) is 0 Å². The van der Waals surface area contributed by atoms with Crippen LogP contribution >= 0.6 is 16.9 Å². The summed E-state index contributed by atoms with van der Waals surface area (Å²) in [4.78, 5) is 0. The van der Waals surface area contributed by atoms with Crippen LogP contribution in [-0.4, -0.2) is 20.0 Å². The molecule has 156 valence electrons. The van der Waals surface area contributed by atoms with E-state index in [1.165, 1.54) is 0 Å². The lowest BCUT2D eigenvalue weighted by molar-refractivity contribution is 0.225. The molecule has 1 fully saturated rings. The van der Waals surface area contributed by atoms with Crippen molar-refractivity contribution in [3.63, 3.8) is 0 Å². The summed E-state index contributed by atoms with van der Waals surface area (Å²) in [6.45, 7) is 12.9. The molecule has 8 heteroatoms. The maximum absolute atomic E-state index is 9.04. The van der Waals surface area contributed by atoms with Gasteiger partial charge in [0.05, 0.1) is 23.3 Å². The van der Waals surface area contributed by atoms with Crippen LogP contribution in [0.2, 0.25) is 0 Å². The quantitative estimate of drug-likeness (QED) is 0.502. The number of nitriles is 2. The molecule has 1 heterocycles.